The third-order valence-electron chi connectivity index (χ3n) is 1.92. The van der Waals surface area contributed by atoms with E-state index < -0.39 is 33.5 Å². The summed E-state index contributed by atoms with van der Waals surface area (Å²) < 4.78 is 4.23. The van der Waals surface area contributed by atoms with Gasteiger partial charge in [0.2, 0.25) is 5.75 Å². The van der Waals surface area contributed by atoms with Gasteiger partial charge in [0.1, 0.15) is 0 Å². The first-order valence-corrected chi connectivity index (χ1v) is 4.08. The quantitative estimate of drug-likeness (QED) is 0.420. The molecular weight excluding hydrogens is 220 g/mol. The zero-order valence-corrected chi connectivity index (χ0v) is 8.44. The van der Waals surface area contributed by atoms with Gasteiger partial charge in [-0.25, -0.2) is 4.79 Å². The highest BCUT2D eigenvalue weighted by Gasteiger charge is 2.28. The number of aromatic nitrogens is 1. The molecule has 0 aromatic carbocycles. The highest BCUT2D eigenvalue weighted by atomic mass is 16.6. The first kappa shape index (κ1) is 11.7. The molecule has 0 saturated carbocycles. The molecule has 0 aliphatic rings. The molecule has 1 aromatic rings. The normalized spacial score (nSPS) is 9.88. The van der Waals surface area contributed by atoms with E-state index in [-0.39, 0.29) is 5.69 Å². The van der Waals surface area contributed by atoms with Crippen molar-refractivity contribution in [2.45, 2.75) is 6.92 Å². The molecule has 0 fully saturated rings. The van der Waals surface area contributed by atoms with Crippen LogP contribution in [0.25, 0.3) is 0 Å². The van der Waals surface area contributed by atoms with Gasteiger partial charge in [0.15, 0.2) is 5.56 Å². The minimum absolute atomic E-state index is 0.139. The van der Waals surface area contributed by atoms with Crippen molar-refractivity contribution in [3.63, 3.8) is 0 Å². The molecule has 0 aliphatic carbocycles. The lowest BCUT2D eigenvalue weighted by atomic mass is 10.2. The largest absolute Gasteiger partial charge is 0.501 e. The maximum absolute atomic E-state index is 11.3. The topological polar surface area (TPSA) is 123 Å². The molecule has 16 heavy (non-hydrogen) atoms. The van der Waals surface area contributed by atoms with Crippen LogP contribution in [0.4, 0.5) is 5.69 Å². The molecule has 2 N–H and O–H groups in total. The molecule has 1 rings (SSSR count). The van der Waals surface area contributed by atoms with E-state index in [0.29, 0.717) is 0 Å². The van der Waals surface area contributed by atoms with Crippen molar-refractivity contribution in [1.29, 1.82) is 0 Å². The van der Waals surface area contributed by atoms with Crippen LogP contribution < -0.4 is 5.56 Å². The van der Waals surface area contributed by atoms with Crippen LogP contribution in [-0.2, 0) is 4.74 Å². The fraction of sp³-hybridized carbons (Fsp3) is 0.250. The Morgan fingerprint density at radius 3 is 2.56 bits per heavy atom. The van der Waals surface area contributed by atoms with E-state index in [4.69, 9.17) is 0 Å². The number of nitrogens with zero attached hydrogens (tertiary/aromatic N) is 1. The third kappa shape index (κ3) is 1.72. The second-order valence-corrected chi connectivity index (χ2v) is 2.90. The minimum Gasteiger partial charge on any atom is -0.501 e. The van der Waals surface area contributed by atoms with Gasteiger partial charge in [-0.1, -0.05) is 0 Å². The zero-order valence-electron chi connectivity index (χ0n) is 8.44. The molecule has 0 amide bonds. The van der Waals surface area contributed by atoms with Crippen LogP contribution in [0.5, 0.6) is 5.75 Å². The monoisotopic (exact) mass is 228 g/mol. The lowest BCUT2D eigenvalue weighted by molar-refractivity contribution is -0.386. The molecule has 0 atom stereocenters. The van der Waals surface area contributed by atoms with Crippen molar-refractivity contribution in [3.8, 4) is 5.75 Å². The number of hydrogen-bond donors (Lipinski definition) is 2. The zero-order chi connectivity index (χ0) is 12.5. The number of carbonyl (C=O) groups excluding carboxylic acids is 1. The average molecular weight is 228 g/mol. The molecule has 0 spiro atoms. The molecule has 86 valence electrons. The van der Waals surface area contributed by atoms with Gasteiger partial charge in [0.25, 0.3) is 5.56 Å². The SMILES string of the molecule is COC(=O)c1c(O)c([N+](=O)[O-])c(C)[nH]c1=O. The summed E-state index contributed by atoms with van der Waals surface area (Å²) in [6, 6.07) is 0. The van der Waals surface area contributed by atoms with Crippen molar-refractivity contribution in [2.75, 3.05) is 7.11 Å². The Bertz CT molecular complexity index is 518. The van der Waals surface area contributed by atoms with Gasteiger partial charge in [-0.05, 0) is 6.92 Å². The maximum Gasteiger partial charge on any atom is 0.347 e. The third-order valence-corrected chi connectivity index (χ3v) is 1.92. The van der Waals surface area contributed by atoms with E-state index in [2.05, 4.69) is 9.72 Å². The maximum atomic E-state index is 11.3. The van der Waals surface area contributed by atoms with Crippen LogP contribution in [0.2, 0.25) is 0 Å². The molecular formula is C8H8N2O6. The summed E-state index contributed by atoms with van der Waals surface area (Å²) in [7, 11) is 0.993. The number of aromatic hydroxyl groups is 1. The number of H-pyrrole nitrogens is 1. The van der Waals surface area contributed by atoms with E-state index in [1.54, 1.807) is 0 Å². The Morgan fingerprint density at radius 2 is 2.12 bits per heavy atom. The number of ether oxygens (including phenoxy) is 1. The number of nitro groups is 1. The number of aryl methyl sites for hydroxylation is 1. The standard InChI is InChI=1S/C8H8N2O6/c1-3-5(10(14)15)6(11)4(7(12)9-3)8(13)16-2/h1-2H3,(H2,9,11,12). The molecule has 0 saturated heterocycles. The Balaban J connectivity index is 3.64. The Hall–Kier alpha value is -2.38. The van der Waals surface area contributed by atoms with Gasteiger partial charge in [-0.2, -0.15) is 0 Å². The number of hydrogen-bond acceptors (Lipinski definition) is 6. The van der Waals surface area contributed by atoms with E-state index in [9.17, 15) is 24.8 Å². The van der Waals surface area contributed by atoms with Crippen molar-refractivity contribution >= 4 is 11.7 Å². The van der Waals surface area contributed by atoms with Crippen LogP contribution in [0, 0.1) is 17.0 Å². The number of pyridine rings is 1. The number of rotatable bonds is 2. The van der Waals surface area contributed by atoms with Gasteiger partial charge in [-0.15, -0.1) is 0 Å². The van der Waals surface area contributed by atoms with E-state index in [0.717, 1.165) is 7.11 Å². The average Bonchev–Trinajstić information content (AvgIpc) is 2.15. The lowest BCUT2D eigenvalue weighted by Crippen LogP contribution is -2.21. The summed E-state index contributed by atoms with van der Waals surface area (Å²) >= 11 is 0. The fourth-order valence-electron chi connectivity index (χ4n) is 1.21. The smallest absolute Gasteiger partial charge is 0.347 e. The summed E-state index contributed by atoms with van der Waals surface area (Å²) in [6.45, 7) is 1.24. The Labute approximate surface area is 88.6 Å². The van der Waals surface area contributed by atoms with E-state index in [1.165, 1.54) is 6.92 Å². The summed E-state index contributed by atoms with van der Waals surface area (Å²) in [5.74, 6) is -2.13. The van der Waals surface area contributed by atoms with Crippen molar-refractivity contribution in [3.05, 3.63) is 31.7 Å². The van der Waals surface area contributed by atoms with Gasteiger partial charge >= 0.3 is 11.7 Å². The number of aromatic amines is 1. The first-order chi connectivity index (χ1) is 7.40. The fourth-order valence-corrected chi connectivity index (χ4v) is 1.21. The second-order valence-electron chi connectivity index (χ2n) is 2.90. The molecule has 0 bridgehead atoms. The Morgan fingerprint density at radius 1 is 1.56 bits per heavy atom. The molecule has 0 radical (unpaired) electrons. The minimum atomic E-state index is -1.14. The summed E-state index contributed by atoms with van der Waals surface area (Å²) in [5.41, 5.74) is -2.58. The van der Waals surface area contributed by atoms with Crippen LogP contribution in [0.3, 0.4) is 0 Å². The summed E-state index contributed by atoms with van der Waals surface area (Å²) in [5, 5.41) is 20.0. The Kier molecular flexibility index (Phi) is 2.93. The predicted molar refractivity (Wildman–Crippen MR) is 51.5 cm³/mol. The number of esters is 1. The van der Waals surface area contributed by atoms with Gasteiger partial charge in [0.05, 0.1) is 17.7 Å². The van der Waals surface area contributed by atoms with E-state index in [1.807, 2.05) is 0 Å². The van der Waals surface area contributed by atoms with Crippen LogP contribution >= 0.6 is 0 Å². The molecule has 1 aromatic heterocycles. The molecule has 0 unspecified atom stereocenters. The molecule has 8 heteroatoms. The highest BCUT2D eigenvalue weighted by Crippen LogP contribution is 2.29. The highest BCUT2D eigenvalue weighted by molar-refractivity contribution is 5.93. The second kappa shape index (κ2) is 4.01. The molecule has 8 nitrogen and oxygen atoms in total. The summed E-state index contributed by atoms with van der Waals surface area (Å²) in [6.07, 6.45) is 0. The van der Waals surface area contributed by atoms with Gasteiger partial charge in [0, 0.05) is 0 Å². The van der Waals surface area contributed by atoms with Crippen LogP contribution in [-0.4, -0.2) is 28.1 Å². The molecule has 1 heterocycles. The van der Waals surface area contributed by atoms with Crippen molar-refractivity contribution in [1.82, 2.24) is 4.98 Å². The number of nitrogens with one attached hydrogen (secondary N) is 1. The predicted octanol–water partition coefficient (Wildman–Crippen LogP) is 0.0837. The number of methoxy groups -OCH3 is 1. The van der Waals surface area contributed by atoms with Gasteiger partial charge < -0.3 is 14.8 Å². The van der Waals surface area contributed by atoms with Gasteiger partial charge in [-0.3, -0.25) is 14.9 Å². The first-order valence-electron chi connectivity index (χ1n) is 4.08. The van der Waals surface area contributed by atoms with Crippen LogP contribution in [0.1, 0.15) is 16.1 Å². The summed E-state index contributed by atoms with van der Waals surface area (Å²) in [4.78, 5) is 34.2. The molecule has 0 aliphatic heterocycles. The van der Waals surface area contributed by atoms with Crippen molar-refractivity contribution in [2.24, 2.45) is 0 Å². The number of carbonyl (C=O) groups is 1. The van der Waals surface area contributed by atoms with Crippen molar-refractivity contribution < 1.29 is 19.6 Å². The van der Waals surface area contributed by atoms with Crippen LogP contribution in [0.15, 0.2) is 4.79 Å². The van der Waals surface area contributed by atoms with E-state index >= 15 is 0 Å². The lowest BCUT2D eigenvalue weighted by Gasteiger charge is -2.04.